The fraction of sp³-hybridized carbons (Fsp3) is 0.310. The first-order valence-corrected chi connectivity index (χ1v) is 11.9. The molecule has 34 heavy (non-hydrogen) atoms. The molecule has 0 bridgehead atoms. The third-order valence-corrected chi connectivity index (χ3v) is 7.01. The molecule has 1 unspecified atom stereocenters. The number of aryl methyl sites for hydroxylation is 3. The summed E-state index contributed by atoms with van der Waals surface area (Å²) in [6.07, 6.45) is 0.467. The molecule has 1 aliphatic heterocycles. The Kier molecular flexibility index (Phi) is 5.86. The van der Waals surface area contributed by atoms with E-state index in [-0.39, 0.29) is 11.8 Å². The van der Waals surface area contributed by atoms with Crippen molar-refractivity contribution >= 4 is 22.6 Å². The average Bonchev–Trinajstić information content (AvgIpc) is 3.37. The van der Waals surface area contributed by atoms with Crippen molar-refractivity contribution in [2.45, 2.75) is 46.6 Å². The van der Waals surface area contributed by atoms with Gasteiger partial charge < -0.3 is 14.2 Å². The summed E-state index contributed by atoms with van der Waals surface area (Å²) < 4.78 is 8.42. The molecule has 2 heterocycles. The number of rotatable bonds is 6. The number of hydrogen-bond acceptors (Lipinski definition) is 3. The second kappa shape index (κ2) is 8.98. The molecule has 0 spiro atoms. The van der Waals surface area contributed by atoms with Crippen molar-refractivity contribution in [2.24, 2.45) is 0 Å². The van der Waals surface area contributed by atoms with E-state index in [0.29, 0.717) is 26.1 Å². The van der Waals surface area contributed by atoms with Gasteiger partial charge in [-0.1, -0.05) is 42.5 Å². The van der Waals surface area contributed by atoms with Crippen LogP contribution in [0.2, 0.25) is 0 Å². The lowest BCUT2D eigenvalue weighted by molar-refractivity contribution is -0.117. The summed E-state index contributed by atoms with van der Waals surface area (Å²) >= 11 is 0. The minimum atomic E-state index is 0.0413. The average molecular weight is 454 g/mol. The number of nitrogens with zero attached hydrogens (tertiary/aromatic N) is 3. The maximum Gasteiger partial charge on any atom is 0.227 e. The van der Waals surface area contributed by atoms with Crippen LogP contribution in [0.5, 0.6) is 5.75 Å². The lowest BCUT2D eigenvalue weighted by Crippen LogP contribution is -2.26. The van der Waals surface area contributed by atoms with E-state index in [9.17, 15) is 4.79 Å². The summed E-state index contributed by atoms with van der Waals surface area (Å²) in [5.74, 6) is 2.09. The molecule has 0 radical (unpaired) electrons. The number of hydrogen-bond donors (Lipinski definition) is 0. The zero-order valence-electron chi connectivity index (χ0n) is 20.3. The van der Waals surface area contributed by atoms with Crippen molar-refractivity contribution in [3.05, 3.63) is 88.7 Å². The van der Waals surface area contributed by atoms with Crippen LogP contribution in [-0.4, -0.2) is 28.6 Å². The lowest BCUT2D eigenvalue weighted by atomic mass is 10.1. The van der Waals surface area contributed by atoms with E-state index in [1.165, 1.54) is 11.1 Å². The van der Waals surface area contributed by atoms with Crippen LogP contribution in [0.1, 0.15) is 40.4 Å². The van der Waals surface area contributed by atoms with Crippen molar-refractivity contribution in [3.8, 4) is 5.75 Å². The number of ether oxygens (including phenoxy) is 1. The highest BCUT2D eigenvalue weighted by atomic mass is 16.5. The van der Waals surface area contributed by atoms with E-state index in [2.05, 4.69) is 56.5 Å². The third kappa shape index (κ3) is 3.96. The maximum atomic E-state index is 13.1. The first kappa shape index (κ1) is 22.2. The SMILES string of the molecule is Cc1cccc(OCCn2c(C3CC(=O)N(c4c(C)cccc4C)C3)nc3ccccc32)c1C. The number of imidazole rings is 1. The largest absolute Gasteiger partial charge is 0.491 e. The van der Waals surface area contributed by atoms with E-state index in [4.69, 9.17) is 9.72 Å². The summed E-state index contributed by atoms with van der Waals surface area (Å²) in [7, 11) is 0. The molecule has 4 aromatic rings. The van der Waals surface area contributed by atoms with Crippen molar-refractivity contribution < 1.29 is 9.53 Å². The molecule has 5 heteroatoms. The van der Waals surface area contributed by atoms with Crippen molar-refractivity contribution in [1.29, 1.82) is 0 Å². The van der Waals surface area contributed by atoms with Gasteiger partial charge >= 0.3 is 0 Å². The van der Waals surface area contributed by atoms with Crippen LogP contribution in [0.4, 0.5) is 5.69 Å². The molecule has 0 aliphatic carbocycles. The minimum Gasteiger partial charge on any atom is -0.491 e. The molecule has 3 aromatic carbocycles. The van der Waals surface area contributed by atoms with Gasteiger partial charge in [0.15, 0.2) is 0 Å². The Bertz CT molecular complexity index is 1350. The molecule has 174 valence electrons. The van der Waals surface area contributed by atoms with Gasteiger partial charge in [0.05, 0.1) is 17.6 Å². The Labute approximate surface area is 201 Å². The molecule has 1 aromatic heterocycles. The van der Waals surface area contributed by atoms with Gasteiger partial charge in [0.2, 0.25) is 5.91 Å². The Hall–Kier alpha value is -3.60. The standard InChI is InChI=1S/C29H31N3O2/c1-19-9-8-14-26(22(19)4)34-16-15-31-25-13-6-5-12-24(25)30-29(31)23-17-27(33)32(18-23)28-20(2)10-7-11-21(28)3/h5-14,23H,15-18H2,1-4H3. The Morgan fingerprint density at radius 2 is 1.62 bits per heavy atom. The second-order valence-corrected chi connectivity index (χ2v) is 9.30. The van der Waals surface area contributed by atoms with Gasteiger partial charge in [0, 0.05) is 24.6 Å². The van der Waals surface area contributed by atoms with E-state index in [1.807, 2.05) is 41.3 Å². The van der Waals surface area contributed by atoms with Crippen LogP contribution in [0.25, 0.3) is 11.0 Å². The van der Waals surface area contributed by atoms with Gasteiger partial charge in [-0.15, -0.1) is 0 Å². The van der Waals surface area contributed by atoms with E-state index in [1.54, 1.807) is 0 Å². The zero-order valence-corrected chi connectivity index (χ0v) is 20.3. The molecule has 1 aliphatic rings. The van der Waals surface area contributed by atoms with Gasteiger partial charge in [-0.3, -0.25) is 4.79 Å². The van der Waals surface area contributed by atoms with Gasteiger partial charge in [0.25, 0.3) is 0 Å². The Morgan fingerprint density at radius 3 is 2.41 bits per heavy atom. The van der Waals surface area contributed by atoms with E-state index in [0.717, 1.165) is 39.4 Å². The van der Waals surface area contributed by atoms with Gasteiger partial charge in [-0.05, 0) is 68.1 Å². The summed E-state index contributed by atoms with van der Waals surface area (Å²) in [5.41, 5.74) is 7.73. The quantitative estimate of drug-likeness (QED) is 0.367. The fourth-order valence-corrected chi connectivity index (χ4v) is 5.10. The number of aromatic nitrogens is 2. The molecule has 5 nitrogen and oxygen atoms in total. The number of para-hydroxylation sites is 3. The first-order chi connectivity index (χ1) is 16.4. The Balaban J connectivity index is 1.43. The van der Waals surface area contributed by atoms with Crippen LogP contribution in [-0.2, 0) is 11.3 Å². The normalized spacial score (nSPS) is 15.9. The van der Waals surface area contributed by atoms with Gasteiger partial charge in [-0.25, -0.2) is 4.98 Å². The molecule has 1 fully saturated rings. The van der Waals surface area contributed by atoms with Crippen LogP contribution >= 0.6 is 0 Å². The number of carbonyl (C=O) groups is 1. The lowest BCUT2D eigenvalue weighted by Gasteiger charge is -2.21. The topological polar surface area (TPSA) is 47.4 Å². The smallest absolute Gasteiger partial charge is 0.227 e. The second-order valence-electron chi connectivity index (χ2n) is 9.30. The fourth-order valence-electron chi connectivity index (χ4n) is 5.10. The number of benzene rings is 3. The monoisotopic (exact) mass is 453 g/mol. The van der Waals surface area contributed by atoms with E-state index < -0.39 is 0 Å². The Morgan fingerprint density at radius 1 is 0.912 bits per heavy atom. The van der Waals surface area contributed by atoms with E-state index >= 15 is 0 Å². The van der Waals surface area contributed by atoms with Crippen molar-refractivity contribution in [3.63, 3.8) is 0 Å². The number of fused-ring (bicyclic) bond motifs is 1. The molecule has 5 rings (SSSR count). The third-order valence-electron chi connectivity index (χ3n) is 7.01. The van der Waals surface area contributed by atoms with Crippen LogP contribution < -0.4 is 9.64 Å². The van der Waals surface area contributed by atoms with Gasteiger partial charge in [0.1, 0.15) is 18.2 Å². The minimum absolute atomic E-state index is 0.0413. The maximum absolute atomic E-state index is 13.1. The summed E-state index contributed by atoms with van der Waals surface area (Å²) in [5, 5.41) is 0. The van der Waals surface area contributed by atoms with Crippen LogP contribution in [0.15, 0.2) is 60.7 Å². The molecule has 0 saturated carbocycles. The number of anilines is 1. The molecule has 0 N–H and O–H groups in total. The summed E-state index contributed by atoms with van der Waals surface area (Å²) in [6, 6.07) is 20.5. The van der Waals surface area contributed by atoms with Crippen molar-refractivity contribution in [2.75, 3.05) is 18.1 Å². The highest BCUT2D eigenvalue weighted by Crippen LogP contribution is 2.36. The first-order valence-electron chi connectivity index (χ1n) is 11.9. The van der Waals surface area contributed by atoms with Crippen molar-refractivity contribution in [1.82, 2.24) is 9.55 Å². The number of amides is 1. The molecular weight excluding hydrogens is 422 g/mol. The highest BCUT2D eigenvalue weighted by Gasteiger charge is 2.35. The van der Waals surface area contributed by atoms with Crippen LogP contribution in [0.3, 0.4) is 0 Å². The molecular formula is C29H31N3O2. The van der Waals surface area contributed by atoms with Crippen LogP contribution in [0, 0.1) is 27.7 Å². The summed E-state index contributed by atoms with van der Waals surface area (Å²) in [4.78, 5) is 20.1. The molecule has 1 saturated heterocycles. The van der Waals surface area contributed by atoms with Gasteiger partial charge in [-0.2, -0.15) is 0 Å². The summed E-state index contributed by atoms with van der Waals surface area (Å²) in [6.45, 7) is 10.2. The predicted molar refractivity (Wildman–Crippen MR) is 137 cm³/mol. The predicted octanol–water partition coefficient (Wildman–Crippen LogP) is 5.87. The molecule has 1 atom stereocenters. The number of carbonyl (C=O) groups excluding carboxylic acids is 1. The zero-order chi connectivity index (χ0) is 23.8. The highest BCUT2D eigenvalue weighted by molar-refractivity contribution is 5.98. The molecule has 1 amide bonds.